The minimum absolute atomic E-state index is 0.870. The number of nitrogens with zero attached hydrogens (tertiary/aromatic N) is 4. The average Bonchev–Trinajstić information content (AvgIpc) is 2.64. The van der Waals surface area contributed by atoms with E-state index in [2.05, 4.69) is 15.1 Å². The van der Waals surface area contributed by atoms with E-state index in [0.717, 1.165) is 28.3 Å². The SMILES string of the molecule is Cc1cc(-c2c(C)nc3cccnn23)ccn1. The van der Waals surface area contributed by atoms with Crippen LogP contribution in [-0.4, -0.2) is 19.6 Å². The molecule has 0 aromatic carbocycles. The molecule has 0 bridgehead atoms. The summed E-state index contributed by atoms with van der Waals surface area (Å²) in [5.74, 6) is 0. The molecule has 17 heavy (non-hydrogen) atoms. The van der Waals surface area contributed by atoms with Crippen LogP contribution in [-0.2, 0) is 0 Å². The van der Waals surface area contributed by atoms with Crippen LogP contribution in [0.25, 0.3) is 16.9 Å². The maximum absolute atomic E-state index is 4.50. The summed E-state index contributed by atoms with van der Waals surface area (Å²) in [7, 11) is 0. The Balaban J connectivity index is 2.33. The first-order chi connectivity index (χ1) is 8.25. The Hall–Kier alpha value is -2.23. The first kappa shape index (κ1) is 9.96. The first-order valence-corrected chi connectivity index (χ1v) is 5.49. The molecule has 0 radical (unpaired) electrons. The normalized spacial score (nSPS) is 10.9. The highest BCUT2D eigenvalue weighted by molar-refractivity contribution is 5.66. The number of fused-ring (bicyclic) bond motifs is 1. The number of rotatable bonds is 1. The number of aryl methyl sites for hydroxylation is 2. The summed E-state index contributed by atoms with van der Waals surface area (Å²) in [6.45, 7) is 3.98. The second-order valence-corrected chi connectivity index (χ2v) is 4.03. The van der Waals surface area contributed by atoms with E-state index in [-0.39, 0.29) is 0 Å². The van der Waals surface area contributed by atoms with Gasteiger partial charge in [0.25, 0.3) is 0 Å². The zero-order valence-electron chi connectivity index (χ0n) is 9.75. The Morgan fingerprint density at radius 1 is 1.12 bits per heavy atom. The molecule has 0 saturated carbocycles. The summed E-state index contributed by atoms with van der Waals surface area (Å²) >= 11 is 0. The van der Waals surface area contributed by atoms with E-state index in [1.807, 2.05) is 48.8 Å². The van der Waals surface area contributed by atoms with Crippen LogP contribution in [0.3, 0.4) is 0 Å². The van der Waals surface area contributed by atoms with Gasteiger partial charge in [-0.3, -0.25) is 4.98 Å². The maximum Gasteiger partial charge on any atom is 0.154 e. The zero-order valence-corrected chi connectivity index (χ0v) is 9.75. The van der Waals surface area contributed by atoms with Gasteiger partial charge in [0, 0.05) is 23.7 Å². The van der Waals surface area contributed by atoms with Crippen LogP contribution in [0, 0.1) is 13.8 Å². The van der Waals surface area contributed by atoms with Crippen molar-refractivity contribution in [2.75, 3.05) is 0 Å². The summed E-state index contributed by atoms with van der Waals surface area (Å²) in [5, 5.41) is 4.34. The van der Waals surface area contributed by atoms with Gasteiger partial charge in [-0.1, -0.05) is 0 Å². The van der Waals surface area contributed by atoms with E-state index in [1.165, 1.54) is 0 Å². The highest BCUT2D eigenvalue weighted by Gasteiger charge is 2.11. The number of pyridine rings is 1. The lowest BCUT2D eigenvalue weighted by Crippen LogP contribution is -1.94. The van der Waals surface area contributed by atoms with Crippen molar-refractivity contribution in [2.24, 2.45) is 0 Å². The van der Waals surface area contributed by atoms with E-state index >= 15 is 0 Å². The van der Waals surface area contributed by atoms with Crippen molar-refractivity contribution in [3.8, 4) is 11.3 Å². The largest absolute Gasteiger partial charge is 0.262 e. The highest BCUT2D eigenvalue weighted by Crippen LogP contribution is 2.23. The second kappa shape index (κ2) is 3.66. The Labute approximate surface area is 99.0 Å². The Morgan fingerprint density at radius 3 is 2.82 bits per heavy atom. The van der Waals surface area contributed by atoms with E-state index in [0.29, 0.717) is 0 Å². The lowest BCUT2D eigenvalue weighted by molar-refractivity contribution is 0.940. The van der Waals surface area contributed by atoms with Gasteiger partial charge in [0.05, 0.1) is 11.4 Å². The van der Waals surface area contributed by atoms with E-state index in [9.17, 15) is 0 Å². The maximum atomic E-state index is 4.50. The van der Waals surface area contributed by atoms with Crippen molar-refractivity contribution in [3.63, 3.8) is 0 Å². The minimum atomic E-state index is 0.870. The molecule has 0 aliphatic heterocycles. The molecule has 0 N–H and O–H groups in total. The minimum Gasteiger partial charge on any atom is -0.262 e. The molecule has 3 aromatic heterocycles. The number of imidazole rings is 1. The standard InChI is InChI=1S/C13H12N4/c1-9-8-11(5-7-14-9)13-10(2)16-12-4-3-6-15-17(12)13/h3-8H,1-2H3. The van der Waals surface area contributed by atoms with Crippen LogP contribution in [0.4, 0.5) is 0 Å². The lowest BCUT2D eigenvalue weighted by atomic mass is 10.1. The molecule has 3 aromatic rings. The van der Waals surface area contributed by atoms with Gasteiger partial charge < -0.3 is 0 Å². The van der Waals surface area contributed by atoms with E-state index in [1.54, 1.807) is 6.20 Å². The molecule has 0 atom stereocenters. The van der Waals surface area contributed by atoms with Crippen molar-refractivity contribution in [2.45, 2.75) is 13.8 Å². The van der Waals surface area contributed by atoms with Crippen LogP contribution in [0.2, 0.25) is 0 Å². The molecule has 4 heteroatoms. The average molecular weight is 224 g/mol. The lowest BCUT2D eigenvalue weighted by Gasteiger charge is -2.02. The number of aromatic nitrogens is 4. The van der Waals surface area contributed by atoms with Gasteiger partial charge in [-0.25, -0.2) is 9.50 Å². The fourth-order valence-electron chi connectivity index (χ4n) is 2.02. The third-order valence-electron chi connectivity index (χ3n) is 2.74. The summed E-state index contributed by atoms with van der Waals surface area (Å²) in [4.78, 5) is 8.71. The quantitative estimate of drug-likeness (QED) is 0.637. The second-order valence-electron chi connectivity index (χ2n) is 4.03. The molecular weight excluding hydrogens is 212 g/mol. The molecule has 3 heterocycles. The van der Waals surface area contributed by atoms with Crippen LogP contribution in [0.15, 0.2) is 36.7 Å². The van der Waals surface area contributed by atoms with Crippen molar-refractivity contribution in [1.82, 2.24) is 19.6 Å². The van der Waals surface area contributed by atoms with Crippen LogP contribution in [0.1, 0.15) is 11.4 Å². The summed E-state index contributed by atoms with van der Waals surface area (Å²) < 4.78 is 1.87. The Kier molecular flexibility index (Phi) is 2.14. The highest BCUT2D eigenvalue weighted by atomic mass is 15.3. The molecule has 0 unspecified atom stereocenters. The fraction of sp³-hybridized carbons (Fsp3) is 0.154. The smallest absolute Gasteiger partial charge is 0.154 e. The summed E-state index contributed by atoms with van der Waals surface area (Å²) in [6, 6.07) is 7.88. The molecule has 0 fully saturated rings. The third-order valence-corrected chi connectivity index (χ3v) is 2.74. The van der Waals surface area contributed by atoms with Gasteiger partial charge in [0.1, 0.15) is 0 Å². The predicted molar refractivity (Wildman–Crippen MR) is 65.7 cm³/mol. The van der Waals surface area contributed by atoms with Crippen LogP contribution < -0.4 is 0 Å². The van der Waals surface area contributed by atoms with E-state index < -0.39 is 0 Å². The number of hydrogen-bond donors (Lipinski definition) is 0. The Morgan fingerprint density at radius 2 is 2.00 bits per heavy atom. The van der Waals surface area contributed by atoms with Crippen LogP contribution in [0.5, 0.6) is 0 Å². The zero-order chi connectivity index (χ0) is 11.8. The molecule has 4 nitrogen and oxygen atoms in total. The summed E-state index contributed by atoms with van der Waals surface area (Å²) in [6.07, 6.45) is 3.58. The molecule has 0 amide bonds. The molecule has 3 rings (SSSR count). The molecule has 0 saturated heterocycles. The van der Waals surface area contributed by atoms with Gasteiger partial charge in [0.15, 0.2) is 5.65 Å². The fourth-order valence-corrected chi connectivity index (χ4v) is 2.02. The Bertz CT molecular complexity index is 685. The van der Waals surface area contributed by atoms with Gasteiger partial charge in [-0.05, 0) is 38.1 Å². The topological polar surface area (TPSA) is 43.1 Å². The summed E-state index contributed by atoms with van der Waals surface area (Å²) in [5.41, 5.74) is 4.98. The van der Waals surface area contributed by atoms with Gasteiger partial charge in [-0.15, -0.1) is 0 Å². The third kappa shape index (κ3) is 1.58. The van der Waals surface area contributed by atoms with Gasteiger partial charge in [-0.2, -0.15) is 5.10 Å². The molecule has 0 aliphatic rings. The van der Waals surface area contributed by atoms with Crippen molar-refractivity contribution < 1.29 is 0 Å². The van der Waals surface area contributed by atoms with E-state index in [4.69, 9.17) is 0 Å². The van der Waals surface area contributed by atoms with Gasteiger partial charge in [0.2, 0.25) is 0 Å². The van der Waals surface area contributed by atoms with Crippen LogP contribution >= 0.6 is 0 Å². The van der Waals surface area contributed by atoms with Crippen molar-refractivity contribution >= 4 is 5.65 Å². The predicted octanol–water partition coefficient (Wildman–Crippen LogP) is 2.41. The van der Waals surface area contributed by atoms with Crippen molar-refractivity contribution in [1.29, 1.82) is 0 Å². The molecule has 84 valence electrons. The first-order valence-electron chi connectivity index (χ1n) is 5.49. The number of hydrogen-bond acceptors (Lipinski definition) is 3. The molecule has 0 aliphatic carbocycles. The molecule has 0 spiro atoms. The van der Waals surface area contributed by atoms with Crippen molar-refractivity contribution in [3.05, 3.63) is 48.0 Å². The van der Waals surface area contributed by atoms with Gasteiger partial charge >= 0.3 is 0 Å². The molecular formula is C13H12N4. The monoisotopic (exact) mass is 224 g/mol.